The molecule has 1 aromatic heterocycles. The molecule has 0 spiro atoms. The van der Waals surface area contributed by atoms with Gasteiger partial charge >= 0.3 is 5.69 Å². The SMILES string of the molecule is CCCCN(C(=O)c1cc(F)c(Cl)cc1Cl)c1c(N)n(CCC)c(=O)[nH]c1=O. The van der Waals surface area contributed by atoms with Crippen molar-refractivity contribution in [3.8, 4) is 0 Å². The van der Waals surface area contributed by atoms with Gasteiger partial charge in [0.2, 0.25) is 0 Å². The Morgan fingerprint density at radius 3 is 2.50 bits per heavy atom. The Morgan fingerprint density at radius 2 is 1.89 bits per heavy atom. The van der Waals surface area contributed by atoms with E-state index in [1.807, 2.05) is 13.8 Å². The van der Waals surface area contributed by atoms with E-state index >= 15 is 0 Å². The number of hydrogen-bond acceptors (Lipinski definition) is 4. The first kappa shape index (κ1) is 22.0. The van der Waals surface area contributed by atoms with E-state index in [9.17, 15) is 18.8 Å². The molecule has 0 radical (unpaired) electrons. The Balaban J connectivity index is 2.67. The maximum atomic E-state index is 13.9. The summed E-state index contributed by atoms with van der Waals surface area (Å²) in [7, 11) is 0. The number of aromatic amines is 1. The monoisotopic (exact) mass is 430 g/mol. The Morgan fingerprint density at radius 1 is 1.21 bits per heavy atom. The molecule has 0 aliphatic carbocycles. The molecule has 0 saturated carbocycles. The molecule has 2 rings (SSSR count). The van der Waals surface area contributed by atoms with Gasteiger partial charge < -0.3 is 10.6 Å². The van der Waals surface area contributed by atoms with Gasteiger partial charge in [-0.25, -0.2) is 9.18 Å². The lowest BCUT2D eigenvalue weighted by atomic mass is 10.1. The minimum Gasteiger partial charge on any atom is -0.383 e. The fourth-order valence-corrected chi connectivity index (χ4v) is 3.21. The third-order valence-corrected chi connectivity index (χ3v) is 4.75. The lowest BCUT2D eigenvalue weighted by Crippen LogP contribution is -2.41. The number of anilines is 2. The van der Waals surface area contributed by atoms with Gasteiger partial charge in [-0.1, -0.05) is 43.5 Å². The van der Waals surface area contributed by atoms with Crippen LogP contribution in [0.15, 0.2) is 21.7 Å². The maximum absolute atomic E-state index is 13.9. The predicted molar refractivity (Wildman–Crippen MR) is 109 cm³/mol. The van der Waals surface area contributed by atoms with Gasteiger partial charge in [-0.15, -0.1) is 0 Å². The second-order valence-electron chi connectivity index (χ2n) is 6.20. The average molecular weight is 431 g/mol. The molecule has 0 atom stereocenters. The molecule has 152 valence electrons. The van der Waals surface area contributed by atoms with Crippen LogP contribution in [-0.4, -0.2) is 22.0 Å². The predicted octanol–water partition coefficient (Wildman–Crippen LogP) is 3.42. The van der Waals surface area contributed by atoms with Gasteiger partial charge in [-0.05, 0) is 25.0 Å². The van der Waals surface area contributed by atoms with E-state index in [1.165, 1.54) is 4.57 Å². The molecule has 7 nitrogen and oxygen atoms in total. The molecule has 0 aliphatic heterocycles. The smallest absolute Gasteiger partial charge is 0.330 e. The van der Waals surface area contributed by atoms with Crippen molar-refractivity contribution in [1.82, 2.24) is 9.55 Å². The Bertz CT molecular complexity index is 1000. The van der Waals surface area contributed by atoms with Crippen LogP contribution in [0.4, 0.5) is 15.9 Å². The lowest BCUT2D eigenvalue weighted by Gasteiger charge is -2.25. The number of benzene rings is 1. The van der Waals surface area contributed by atoms with E-state index < -0.39 is 23.0 Å². The van der Waals surface area contributed by atoms with Crippen LogP contribution in [0.1, 0.15) is 43.5 Å². The number of aromatic nitrogens is 2. The summed E-state index contributed by atoms with van der Waals surface area (Å²) >= 11 is 11.8. The summed E-state index contributed by atoms with van der Waals surface area (Å²) in [6.45, 7) is 4.14. The van der Waals surface area contributed by atoms with E-state index in [4.69, 9.17) is 28.9 Å². The first-order valence-electron chi connectivity index (χ1n) is 8.81. The van der Waals surface area contributed by atoms with Crippen molar-refractivity contribution < 1.29 is 9.18 Å². The van der Waals surface area contributed by atoms with Crippen LogP contribution in [0.5, 0.6) is 0 Å². The zero-order valence-electron chi connectivity index (χ0n) is 15.5. The third kappa shape index (κ3) is 4.39. The van der Waals surface area contributed by atoms with Gasteiger partial charge in [-0.3, -0.25) is 19.1 Å². The Hall–Kier alpha value is -2.32. The zero-order valence-corrected chi connectivity index (χ0v) is 17.0. The fraction of sp³-hybridized carbons (Fsp3) is 0.389. The molecule has 28 heavy (non-hydrogen) atoms. The second kappa shape index (κ2) is 9.25. The van der Waals surface area contributed by atoms with Crippen molar-refractivity contribution in [3.63, 3.8) is 0 Å². The topological polar surface area (TPSA) is 101 Å². The second-order valence-corrected chi connectivity index (χ2v) is 7.02. The van der Waals surface area contributed by atoms with Gasteiger partial charge in [0.1, 0.15) is 11.6 Å². The van der Waals surface area contributed by atoms with Crippen LogP contribution in [0.2, 0.25) is 10.0 Å². The number of rotatable bonds is 7. The van der Waals surface area contributed by atoms with Crippen LogP contribution >= 0.6 is 23.2 Å². The average Bonchev–Trinajstić information content (AvgIpc) is 2.63. The molecule has 1 heterocycles. The number of unbranched alkanes of at least 4 members (excludes halogenated alkanes) is 1. The number of nitrogen functional groups attached to an aromatic ring is 1. The molecule has 1 amide bonds. The molecule has 0 fully saturated rings. The summed E-state index contributed by atoms with van der Waals surface area (Å²) < 4.78 is 15.1. The highest BCUT2D eigenvalue weighted by atomic mass is 35.5. The Labute approximate surface area is 170 Å². The molecular weight excluding hydrogens is 410 g/mol. The van der Waals surface area contributed by atoms with Crippen molar-refractivity contribution in [3.05, 3.63) is 54.4 Å². The summed E-state index contributed by atoms with van der Waals surface area (Å²) in [6.07, 6.45) is 1.86. The van der Waals surface area contributed by atoms with Crippen molar-refractivity contribution in [1.29, 1.82) is 0 Å². The number of H-pyrrole nitrogens is 1. The molecular formula is C18H21Cl2FN4O3. The minimum absolute atomic E-state index is 0.0604. The summed E-state index contributed by atoms with van der Waals surface area (Å²) in [4.78, 5) is 41.0. The largest absolute Gasteiger partial charge is 0.383 e. The zero-order chi connectivity index (χ0) is 21.0. The van der Waals surface area contributed by atoms with Crippen molar-refractivity contribution >= 4 is 40.6 Å². The maximum Gasteiger partial charge on any atom is 0.330 e. The Kier molecular flexibility index (Phi) is 7.26. The van der Waals surface area contributed by atoms with Gasteiger partial charge in [0, 0.05) is 13.1 Å². The first-order chi connectivity index (χ1) is 13.2. The van der Waals surface area contributed by atoms with Crippen LogP contribution < -0.4 is 21.9 Å². The van der Waals surface area contributed by atoms with Gasteiger partial charge in [0.25, 0.3) is 11.5 Å². The van der Waals surface area contributed by atoms with E-state index in [1.54, 1.807) is 0 Å². The number of carbonyl (C=O) groups excluding carboxylic acids is 1. The van der Waals surface area contributed by atoms with Crippen LogP contribution in [0.3, 0.4) is 0 Å². The molecule has 1 aromatic carbocycles. The highest BCUT2D eigenvalue weighted by Crippen LogP contribution is 2.28. The van der Waals surface area contributed by atoms with E-state index in [0.29, 0.717) is 12.8 Å². The molecule has 10 heteroatoms. The van der Waals surface area contributed by atoms with Gasteiger partial charge in [0.05, 0.1) is 15.6 Å². The summed E-state index contributed by atoms with van der Waals surface area (Å²) in [5.74, 6) is -1.67. The van der Waals surface area contributed by atoms with Gasteiger partial charge in [-0.2, -0.15) is 0 Å². The highest BCUT2D eigenvalue weighted by Gasteiger charge is 2.27. The molecule has 0 unspecified atom stereocenters. The number of nitrogens with zero attached hydrogens (tertiary/aromatic N) is 2. The van der Waals surface area contributed by atoms with Crippen LogP contribution in [0, 0.1) is 5.82 Å². The van der Waals surface area contributed by atoms with E-state index in [0.717, 1.165) is 23.5 Å². The van der Waals surface area contributed by atoms with Crippen molar-refractivity contribution in [2.24, 2.45) is 0 Å². The molecule has 0 aliphatic rings. The number of halogens is 3. The first-order valence-corrected chi connectivity index (χ1v) is 9.57. The minimum atomic E-state index is -0.817. The number of nitrogens with one attached hydrogen (secondary N) is 1. The fourth-order valence-electron chi connectivity index (χ4n) is 2.75. The quantitative estimate of drug-likeness (QED) is 0.656. The summed E-state index contributed by atoms with van der Waals surface area (Å²) in [5.41, 5.74) is 4.28. The normalized spacial score (nSPS) is 10.9. The standard InChI is InChI=1S/C18H21Cl2FN4O3/c1-3-5-7-24(17(27)10-8-13(21)12(20)9-11(10)19)14-15(22)25(6-4-2)18(28)23-16(14)26/h8-9H,3-7,22H2,1-2H3,(H,23,26,28). The van der Waals surface area contributed by atoms with Crippen LogP contribution in [-0.2, 0) is 6.54 Å². The number of nitrogens with two attached hydrogens (primary N) is 1. The molecule has 0 bridgehead atoms. The number of amides is 1. The van der Waals surface area contributed by atoms with Gasteiger partial charge in [0.15, 0.2) is 5.69 Å². The van der Waals surface area contributed by atoms with Crippen LogP contribution in [0.25, 0.3) is 0 Å². The highest BCUT2D eigenvalue weighted by molar-refractivity contribution is 6.37. The van der Waals surface area contributed by atoms with Crippen molar-refractivity contribution in [2.75, 3.05) is 17.2 Å². The van der Waals surface area contributed by atoms with E-state index in [2.05, 4.69) is 4.98 Å². The lowest BCUT2D eigenvalue weighted by molar-refractivity contribution is 0.0986. The molecule has 0 saturated heterocycles. The third-order valence-electron chi connectivity index (χ3n) is 4.15. The van der Waals surface area contributed by atoms with E-state index in [-0.39, 0.29) is 40.2 Å². The summed E-state index contributed by atoms with van der Waals surface area (Å²) in [5, 5.41) is -0.287. The number of carbonyl (C=O) groups is 1. The summed E-state index contributed by atoms with van der Waals surface area (Å²) in [6, 6.07) is 2.04. The molecule has 3 N–H and O–H groups in total. The molecule has 2 aromatic rings. The van der Waals surface area contributed by atoms with Crippen molar-refractivity contribution in [2.45, 2.75) is 39.7 Å². The number of hydrogen-bond donors (Lipinski definition) is 2.